The summed E-state index contributed by atoms with van der Waals surface area (Å²) in [5.74, 6) is 0.714. The second-order valence-corrected chi connectivity index (χ2v) is 4.20. The largest absolute Gasteiger partial charge is 0.444 e. The maximum atomic E-state index is 5.41. The van der Waals surface area contributed by atoms with Gasteiger partial charge in [0.1, 0.15) is 6.26 Å². The molecule has 0 fully saturated rings. The van der Waals surface area contributed by atoms with Gasteiger partial charge >= 0.3 is 0 Å². The second-order valence-electron chi connectivity index (χ2n) is 4.20. The summed E-state index contributed by atoms with van der Waals surface area (Å²) in [6, 6.07) is 6.35. The third-order valence-corrected chi connectivity index (χ3v) is 2.91. The van der Waals surface area contributed by atoms with E-state index in [1.807, 2.05) is 6.92 Å². The van der Waals surface area contributed by atoms with Gasteiger partial charge in [0.05, 0.1) is 5.69 Å². The van der Waals surface area contributed by atoms with Crippen molar-refractivity contribution in [3.8, 4) is 11.5 Å². The first-order chi connectivity index (χ1) is 7.83. The molecule has 0 spiro atoms. The molecule has 1 aromatic heterocycles. The topological polar surface area (TPSA) is 38.1 Å². The van der Waals surface area contributed by atoms with Gasteiger partial charge in [0.2, 0.25) is 5.89 Å². The Morgan fingerprint density at radius 2 is 2.31 bits per heavy atom. The molecule has 1 aliphatic rings. The lowest BCUT2D eigenvalue weighted by Gasteiger charge is -2.17. The van der Waals surface area contributed by atoms with Gasteiger partial charge in [0, 0.05) is 17.8 Å². The zero-order valence-electron chi connectivity index (χ0n) is 9.29. The molecular formula is C13H14N2O. The average molecular weight is 214 g/mol. The van der Waals surface area contributed by atoms with Gasteiger partial charge in [0.15, 0.2) is 0 Å². The highest BCUT2D eigenvalue weighted by Gasteiger charge is 2.11. The van der Waals surface area contributed by atoms with E-state index in [0.29, 0.717) is 5.89 Å². The van der Waals surface area contributed by atoms with Crippen LogP contribution in [-0.4, -0.2) is 11.5 Å². The average Bonchev–Trinajstić information content (AvgIpc) is 2.75. The van der Waals surface area contributed by atoms with Crippen molar-refractivity contribution in [2.75, 3.05) is 11.9 Å². The van der Waals surface area contributed by atoms with Crippen LogP contribution in [0, 0.1) is 6.92 Å². The number of rotatable bonds is 1. The standard InChI is InChI=1S/C13H14N2O/c1-9-8-16-13(15-9)11-4-5-12-10(7-11)3-2-6-14-12/h4-5,7-8,14H,2-3,6H2,1H3. The molecule has 3 nitrogen and oxygen atoms in total. The van der Waals surface area contributed by atoms with Gasteiger partial charge in [-0.15, -0.1) is 0 Å². The van der Waals surface area contributed by atoms with E-state index in [2.05, 4.69) is 28.5 Å². The normalized spacial score (nSPS) is 14.3. The van der Waals surface area contributed by atoms with Crippen molar-refractivity contribution in [2.45, 2.75) is 19.8 Å². The molecule has 0 atom stereocenters. The highest BCUT2D eigenvalue weighted by molar-refractivity contribution is 5.63. The molecule has 2 heterocycles. The zero-order valence-corrected chi connectivity index (χ0v) is 9.29. The van der Waals surface area contributed by atoms with Crippen LogP contribution in [-0.2, 0) is 6.42 Å². The maximum absolute atomic E-state index is 5.41. The van der Waals surface area contributed by atoms with E-state index in [1.54, 1.807) is 6.26 Å². The van der Waals surface area contributed by atoms with Crippen LogP contribution in [0.5, 0.6) is 0 Å². The molecule has 1 N–H and O–H groups in total. The van der Waals surface area contributed by atoms with Gasteiger partial charge in [-0.2, -0.15) is 0 Å². The third kappa shape index (κ3) is 1.58. The summed E-state index contributed by atoms with van der Waals surface area (Å²) in [5, 5.41) is 3.40. The van der Waals surface area contributed by atoms with Crippen molar-refractivity contribution in [3.63, 3.8) is 0 Å². The Balaban J connectivity index is 2.02. The minimum absolute atomic E-state index is 0.714. The highest BCUT2D eigenvalue weighted by Crippen LogP contribution is 2.27. The van der Waals surface area contributed by atoms with Crippen LogP contribution in [0.4, 0.5) is 5.69 Å². The Bertz CT molecular complexity index is 516. The van der Waals surface area contributed by atoms with Gasteiger partial charge in [-0.05, 0) is 43.5 Å². The smallest absolute Gasteiger partial charge is 0.226 e. The number of nitrogens with one attached hydrogen (secondary N) is 1. The molecule has 2 aromatic rings. The van der Waals surface area contributed by atoms with Crippen LogP contribution in [0.15, 0.2) is 28.9 Å². The van der Waals surface area contributed by atoms with E-state index in [9.17, 15) is 0 Å². The number of aromatic nitrogens is 1. The maximum Gasteiger partial charge on any atom is 0.226 e. The van der Waals surface area contributed by atoms with Crippen LogP contribution in [0.2, 0.25) is 0 Å². The molecule has 0 radical (unpaired) electrons. The quantitative estimate of drug-likeness (QED) is 0.793. The lowest BCUT2D eigenvalue weighted by molar-refractivity contribution is 0.573. The summed E-state index contributed by atoms with van der Waals surface area (Å²) in [7, 11) is 0. The molecule has 1 aliphatic heterocycles. The van der Waals surface area contributed by atoms with Crippen LogP contribution >= 0.6 is 0 Å². The van der Waals surface area contributed by atoms with Crippen LogP contribution in [0.1, 0.15) is 17.7 Å². The molecule has 16 heavy (non-hydrogen) atoms. The van der Waals surface area contributed by atoms with E-state index < -0.39 is 0 Å². The van der Waals surface area contributed by atoms with E-state index in [4.69, 9.17) is 4.42 Å². The van der Waals surface area contributed by atoms with Crippen molar-refractivity contribution < 1.29 is 4.42 Å². The molecule has 0 saturated heterocycles. The van der Waals surface area contributed by atoms with Gasteiger partial charge in [-0.25, -0.2) is 4.98 Å². The Labute approximate surface area is 94.5 Å². The predicted octanol–water partition coefficient (Wildman–Crippen LogP) is 3.01. The fourth-order valence-electron chi connectivity index (χ4n) is 2.09. The van der Waals surface area contributed by atoms with Gasteiger partial charge in [-0.3, -0.25) is 0 Å². The molecule has 82 valence electrons. The van der Waals surface area contributed by atoms with E-state index in [0.717, 1.165) is 24.2 Å². The minimum Gasteiger partial charge on any atom is -0.444 e. The summed E-state index contributed by atoms with van der Waals surface area (Å²) in [6.07, 6.45) is 4.02. The summed E-state index contributed by atoms with van der Waals surface area (Å²) in [5.41, 5.74) is 4.60. The Morgan fingerprint density at radius 3 is 3.12 bits per heavy atom. The number of hydrogen-bond donors (Lipinski definition) is 1. The zero-order chi connectivity index (χ0) is 11.0. The van der Waals surface area contributed by atoms with Crippen molar-refractivity contribution >= 4 is 5.69 Å². The van der Waals surface area contributed by atoms with Crippen LogP contribution < -0.4 is 5.32 Å². The number of oxazole rings is 1. The van der Waals surface area contributed by atoms with Gasteiger partial charge < -0.3 is 9.73 Å². The fraction of sp³-hybridized carbons (Fsp3) is 0.308. The lowest BCUT2D eigenvalue weighted by atomic mass is 10.0. The Hall–Kier alpha value is -1.77. The first kappa shape index (κ1) is 9.46. The van der Waals surface area contributed by atoms with Crippen molar-refractivity contribution in [1.82, 2.24) is 4.98 Å². The molecular weight excluding hydrogens is 200 g/mol. The molecule has 0 unspecified atom stereocenters. The van der Waals surface area contributed by atoms with Crippen molar-refractivity contribution in [1.29, 1.82) is 0 Å². The Morgan fingerprint density at radius 1 is 1.38 bits per heavy atom. The monoisotopic (exact) mass is 214 g/mol. The summed E-state index contributed by atoms with van der Waals surface area (Å²) in [6.45, 7) is 3.01. The van der Waals surface area contributed by atoms with E-state index >= 15 is 0 Å². The van der Waals surface area contributed by atoms with Crippen LogP contribution in [0.3, 0.4) is 0 Å². The van der Waals surface area contributed by atoms with E-state index in [-0.39, 0.29) is 0 Å². The SMILES string of the molecule is Cc1coc(-c2ccc3c(c2)CCCN3)n1. The number of aryl methyl sites for hydroxylation is 2. The number of anilines is 1. The molecule has 0 amide bonds. The molecule has 0 bridgehead atoms. The van der Waals surface area contributed by atoms with Gasteiger partial charge in [0.25, 0.3) is 0 Å². The highest BCUT2D eigenvalue weighted by atomic mass is 16.3. The molecule has 3 rings (SSSR count). The van der Waals surface area contributed by atoms with Gasteiger partial charge in [-0.1, -0.05) is 0 Å². The first-order valence-corrected chi connectivity index (χ1v) is 5.62. The summed E-state index contributed by atoms with van der Waals surface area (Å²) < 4.78 is 5.41. The number of fused-ring (bicyclic) bond motifs is 1. The molecule has 0 aliphatic carbocycles. The third-order valence-electron chi connectivity index (χ3n) is 2.91. The summed E-state index contributed by atoms with van der Waals surface area (Å²) >= 11 is 0. The lowest BCUT2D eigenvalue weighted by Crippen LogP contribution is -2.11. The van der Waals surface area contributed by atoms with E-state index in [1.165, 1.54) is 17.7 Å². The van der Waals surface area contributed by atoms with Crippen molar-refractivity contribution in [3.05, 3.63) is 35.7 Å². The van der Waals surface area contributed by atoms with Crippen molar-refractivity contribution in [2.24, 2.45) is 0 Å². The molecule has 3 heteroatoms. The molecule has 1 aromatic carbocycles. The number of benzene rings is 1. The fourth-order valence-corrected chi connectivity index (χ4v) is 2.09. The summed E-state index contributed by atoms with van der Waals surface area (Å²) in [4.78, 5) is 4.34. The second kappa shape index (κ2) is 3.67. The number of nitrogens with zero attached hydrogens (tertiary/aromatic N) is 1. The minimum atomic E-state index is 0.714. The number of hydrogen-bond acceptors (Lipinski definition) is 3. The molecule has 0 saturated carbocycles. The Kier molecular flexibility index (Phi) is 2.17. The van der Waals surface area contributed by atoms with Crippen LogP contribution in [0.25, 0.3) is 11.5 Å². The predicted molar refractivity (Wildman–Crippen MR) is 63.5 cm³/mol. The first-order valence-electron chi connectivity index (χ1n) is 5.62.